The summed E-state index contributed by atoms with van der Waals surface area (Å²) in [5.74, 6) is -0.973. The van der Waals surface area contributed by atoms with Crippen molar-refractivity contribution in [3.05, 3.63) is 12.7 Å². The fourth-order valence-electron chi connectivity index (χ4n) is 1.54. The van der Waals surface area contributed by atoms with Crippen molar-refractivity contribution in [2.24, 2.45) is 5.73 Å². The van der Waals surface area contributed by atoms with Crippen molar-refractivity contribution in [1.29, 1.82) is 0 Å². The molecule has 0 saturated carbocycles. The number of amides is 1. The first kappa shape index (κ1) is 20.8. The largest absolute Gasteiger partial charge is 0.460 e. The second-order valence-electron chi connectivity index (χ2n) is 6.75. The Morgan fingerprint density at radius 3 is 2.32 bits per heavy atom. The van der Waals surface area contributed by atoms with Gasteiger partial charge in [0, 0.05) is 0 Å². The first-order chi connectivity index (χ1) is 9.96. The molecule has 2 atom stereocenters. The maximum atomic E-state index is 12.1. The molecule has 1 amide bonds. The molecule has 0 fully saturated rings. The average molecular weight is 331 g/mol. The van der Waals surface area contributed by atoms with Crippen LogP contribution >= 0.6 is 0 Å². The van der Waals surface area contributed by atoms with Gasteiger partial charge < -0.3 is 20.2 Å². The van der Waals surface area contributed by atoms with E-state index in [1.54, 1.807) is 6.92 Å². The van der Waals surface area contributed by atoms with E-state index in [9.17, 15) is 9.59 Å². The van der Waals surface area contributed by atoms with Crippen molar-refractivity contribution < 1.29 is 18.8 Å². The summed E-state index contributed by atoms with van der Waals surface area (Å²) < 4.78 is 11.2. The summed E-state index contributed by atoms with van der Waals surface area (Å²) in [4.78, 5) is 23.7. The summed E-state index contributed by atoms with van der Waals surface area (Å²) in [6, 6.07) is -0.884. The molecule has 128 valence electrons. The molecule has 0 aromatic heterocycles. The number of ether oxygens (including phenoxy) is 1. The number of carbonyl (C=O) groups is 2. The molecule has 0 saturated heterocycles. The van der Waals surface area contributed by atoms with Crippen molar-refractivity contribution in [3.63, 3.8) is 0 Å². The molecule has 7 heteroatoms. The van der Waals surface area contributed by atoms with Gasteiger partial charge in [-0.15, -0.1) is 0 Å². The number of rotatable bonds is 8. The molecule has 3 N–H and O–H groups in total. The third-order valence-corrected chi connectivity index (χ3v) is 8.43. The van der Waals surface area contributed by atoms with E-state index in [1.807, 2.05) is 0 Å². The van der Waals surface area contributed by atoms with Gasteiger partial charge in [0.2, 0.25) is 5.91 Å². The first-order valence-corrected chi connectivity index (χ1v) is 10.3. The molecule has 0 spiro atoms. The zero-order chi connectivity index (χ0) is 17.6. The summed E-state index contributed by atoms with van der Waals surface area (Å²) in [5, 5.41) is 2.57. The molecule has 0 aromatic rings. The minimum atomic E-state index is -2.08. The van der Waals surface area contributed by atoms with Crippen LogP contribution in [0.5, 0.6) is 0 Å². The Morgan fingerprint density at radius 1 is 1.36 bits per heavy atom. The summed E-state index contributed by atoms with van der Waals surface area (Å²) in [5.41, 5.74) is 5.30. The predicted octanol–water partition coefficient (Wildman–Crippen LogP) is 1.57. The molecule has 22 heavy (non-hydrogen) atoms. The van der Waals surface area contributed by atoms with Crippen LogP contribution in [-0.2, 0) is 18.8 Å². The van der Waals surface area contributed by atoms with Crippen molar-refractivity contribution >= 4 is 20.2 Å². The van der Waals surface area contributed by atoms with Crippen LogP contribution in [0.2, 0.25) is 18.1 Å². The molecule has 0 aliphatic rings. The zero-order valence-electron chi connectivity index (χ0n) is 14.6. The topological polar surface area (TPSA) is 90.7 Å². The number of nitrogens with two attached hydrogens (primary N) is 1. The minimum Gasteiger partial charge on any atom is -0.460 e. The lowest BCUT2D eigenvalue weighted by Gasteiger charge is -2.40. The van der Waals surface area contributed by atoms with Crippen LogP contribution in [-0.4, -0.2) is 45.5 Å². The van der Waals surface area contributed by atoms with Crippen molar-refractivity contribution in [1.82, 2.24) is 5.32 Å². The summed E-state index contributed by atoms with van der Waals surface area (Å²) in [7, 11) is -2.08. The smallest absolute Gasteiger partial charge is 0.331 e. The Kier molecular flexibility index (Phi) is 8.00. The lowest BCUT2D eigenvalue weighted by atomic mass is 10.2. The average Bonchev–Trinajstić information content (AvgIpc) is 2.39. The standard InChI is InChI=1S/C15H30N2O4Si/c1-8-9-20-14(19)13(17-12(18)10-16)11(2)21-22(6,7)15(3,4)5/h8,11,13H,1,9-10,16H2,2-7H3,(H,17,18)/t11-,13+/m1/s1. The molecule has 0 rings (SSSR count). The van der Waals surface area contributed by atoms with E-state index in [-0.39, 0.29) is 18.2 Å². The molecule has 0 unspecified atom stereocenters. The van der Waals surface area contributed by atoms with Gasteiger partial charge in [0.25, 0.3) is 0 Å². The van der Waals surface area contributed by atoms with E-state index >= 15 is 0 Å². The Balaban J connectivity index is 5.11. The molecule has 0 aromatic carbocycles. The van der Waals surface area contributed by atoms with Gasteiger partial charge in [-0.3, -0.25) is 4.79 Å². The predicted molar refractivity (Wildman–Crippen MR) is 89.9 cm³/mol. The van der Waals surface area contributed by atoms with Gasteiger partial charge in [-0.1, -0.05) is 33.4 Å². The molecule has 0 radical (unpaired) electrons. The number of hydrogen-bond donors (Lipinski definition) is 2. The van der Waals surface area contributed by atoms with Crippen molar-refractivity contribution in [2.75, 3.05) is 13.2 Å². The van der Waals surface area contributed by atoms with Crippen LogP contribution in [0.3, 0.4) is 0 Å². The second-order valence-corrected chi connectivity index (χ2v) is 11.5. The third-order valence-electron chi connectivity index (χ3n) is 3.86. The number of hydrogen-bond acceptors (Lipinski definition) is 5. The van der Waals surface area contributed by atoms with Gasteiger partial charge in [-0.25, -0.2) is 4.79 Å². The summed E-state index contributed by atoms with van der Waals surface area (Å²) >= 11 is 0. The van der Waals surface area contributed by atoms with Crippen LogP contribution in [0.25, 0.3) is 0 Å². The van der Waals surface area contributed by atoms with Gasteiger partial charge in [-0.2, -0.15) is 0 Å². The third kappa shape index (κ3) is 6.29. The normalized spacial score (nSPS) is 14.9. The Labute approximate surface area is 134 Å². The molecule has 0 bridgehead atoms. The minimum absolute atomic E-state index is 0.00525. The van der Waals surface area contributed by atoms with Crippen LogP contribution in [0.1, 0.15) is 27.7 Å². The fourth-order valence-corrected chi connectivity index (χ4v) is 2.96. The van der Waals surface area contributed by atoms with Crippen LogP contribution < -0.4 is 11.1 Å². The number of esters is 1. The zero-order valence-corrected chi connectivity index (χ0v) is 15.6. The molecule has 6 nitrogen and oxygen atoms in total. The lowest BCUT2D eigenvalue weighted by Crippen LogP contribution is -2.55. The van der Waals surface area contributed by atoms with Crippen LogP contribution in [0.4, 0.5) is 0 Å². The van der Waals surface area contributed by atoms with E-state index in [0.717, 1.165) is 0 Å². The van der Waals surface area contributed by atoms with E-state index < -0.39 is 32.3 Å². The summed E-state index contributed by atoms with van der Waals surface area (Å²) in [6.45, 7) is 15.6. The summed E-state index contributed by atoms with van der Waals surface area (Å²) in [6.07, 6.45) is 0.965. The van der Waals surface area contributed by atoms with Gasteiger partial charge >= 0.3 is 5.97 Å². The molecule has 0 aliphatic carbocycles. The molecular formula is C15H30N2O4Si. The maximum Gasteiger partial charge on any atom is 0.331 e. The number of carbonyl (C=O) groups excluding carboxylic acids is 2. The monoisotopic (exact) mass is 330 g/mol. The van der Waals surface area contributed by atoms with Crippen molar-refractivity contribution in [3.8, 4) is 0 Å². The fraction of sp³-hybridized carbons (Fsp3) is 0.733. The van der Waals surface area contributed by atoms with E-state index in [4.69, 9.17) is 14.9 Å². The van der Waals surface area contributed by atoms with Crippen molar-refractivity contribution in [2.45, 2.75) is 58.0 Å². The molecule has 0 heterocycles. The molecule has 0 aliphatic heterocycles. The highest BCUT2D eigenvalue weighted by molar-refractivity contribution is 6.74. The highest BCUT2D eigenvalue weighted by Gasteiger charge is 2.41. The Bertz CT molecular complexity index is 405. The first-order valence-electron chi connectivity index (χ1n) is 7.41. The van der Waals surface area contributed by atoms with Gasteiger partial charge in [0.05, 0.1) is 12.6 Å². The highest BCUT2D eigenvalue weighted by atomic mass is 28.4. The van der Waals surface area contributed by atoms with Gasteiger partial charge in [0.15, 0.2) is 14.4 Å². The van der Waals surface area contributed by atoms with E-state index in [1.165, 1.54) is 6.08 Å². The Morgan fingerprint density at radius 2 is 1.91 bits per heavy atom. The maximum absolute atomic E-state index is 12.1. The lowest BCUT2D eigenvalue weighted by molar-refractivity contribution is -0.149. The number of nitrogens with one attached hydrogen (secondary N) is 1. The second kappa shape index (κ2) is 8.45. The van der Waals surface area contributed by atoms with Gasteiger partial charge in [0.1, 0.15) is 6.61 Å². The highest BCUT2D eigenvalue weighted by Crippen LogP contribution is 2.37. The van der Waals surface area contributed by atoms with Crippen LogP contribution in [0, 0.1) is 0 Å². The van der Waals surface area contributed by atoms with Crippen LogP contribution in [0.15, 0.2) is 12.7 Å². The SMILES string of the molecule is C=CCOC(=O)[C@@H](NC(=O)CN)[C@@H](C)O[Si](C)(C)C(C)(C)C. The quantitative estimate of drug-likeness (QED) is 0.400. The van der Waals surface area contributed by atoms with E-state index in [2.05, 4.69) is 45.8 Å². The van der Waals surface area contributed by atoms with Gasteiger partial charge in [-0.05, 0) is 25.1 Å². The molecular weight excluding hydrogens is 300 g/mol. The van der Waals surface area contributed by atoms with E-state index in [0.29, 0.717) is 0 Å². The Hall–Kier alpha value is -1.18.